The number of hydrogen-bond donors (Lipinski definition) is 1. The van der Waals surface area contributed by atoms with Crippen LogP contribution in [-0.4, -0.2) is 4.92 Å². The van der Waals surface area contributed by atoms with Gasteiger partial charge in [-0.3, -0.25) is 10.1 Å². The van der Waals surface area contributed by atoms with Crippen LogP contribution < -0.4 is 10.5 Å². The van der Waals surface area contributed by atoms with Gasteiger partial charge in [0.2, 0.25) is 0 Å². The second-order valence-corrected chi connectivity index (χ2v) is 5.15. The molecule has 0 fully saturated rings. The summed E-state index contributed by atoms with van der Waals surface area (Å²) in [5.41, 5.74) is 6.48. The molecule has 0 aliphatic rings. The molecule has 7 heteroatoms. The van der Waals surface area contributed by atoms with Crippen LogP contribution in [0.1, 0.15) is 11.1 Å². The Kier molecular flexibility index (Phi) is 4.87. The monoisotopic (exact) mass is 354 g/mol. The molecule has 110 valence electrons. The third-order valence-electron chi connectivity index (χ3n) is 2.80. The Labute approximate surface area is 128 Å². The molecule has 0 aliphatic carbocycles. The van der Waals surface area contributed by atoms with Gasteiger partial charge < -0.3 is 10.5 Å². The SMILES string of the molecule is NCc1cccc(Br)c1OCc1cc(F)cc([N+](=O)[O-])c1. The van der Waals surface area contributed by atoms with Crippen LogP contribution in [0.2, 0.25) is 0 Å². The Balaban J connectivity index is 2.23. The van der Waals surface area contributed by atoms with Crippen LogP contribution in [0.15, 0.2) is 40.9 Å². The number of benzene rings is 2. The van der Waals surface area contributed by atoms with Crippen molar-refractivity contribution in [3.63, 3.8) is 0 Å². The van der Waals surface area contributed by atoms with E-state index in [2.05, 4.69) is 15.9 Å². The fourth-order valence-electron chi connectivity index (χ4n) is 1.85. The van der Waals surface area contributed by atoms with E-state index in [1.165, 1.54) is 12.1 Å². The highest BCUT2D eigenvalue weighted by Gasteiger charge is 2.12. The van der Waals surface area contributed by atoms with Gasteiger partial charge >= 0.3 is 0 Å². The van der Waals surface area contributed by atoms with Crippen LogP contribution in [-0.2, 0) is 13.2 Å². The minimum Gasteiger partial charge on any atom is -0.487 e. The zero-order chi connectivity index (χ0) is 15.4. The van der Waals surface area contributed by atoms with Gasteiger partial charge in [-0.1, -0.05) is 12.1 Å². The molecule has 0 saturated heterocycles. The van der Waals surface area contributed by atoms with Gasteiger partial charge in [0.1, 0.15) is 18.2 Å². The van der Waals surface area contributed by atoms with E-state index in [1.807, 2.05) is 12.1 Å². The maximum atomic E-state index is 13.3. The highest BCUT2D eigenvalue weighted by molar-refractivity contribution is 9.10. The van der Waals surface area contributed by atoms with Gasteiger partial charge in [-0.25, -0.2) is 4.39 Å². The van der Waals surface area contributed by atoms with Crippen molar-refractivity contribution in [3.8, 4) is 5.75 Å². The molecule has 0 aliphatic heterocycles. The predicted octanol–water partition coefficient (Wildman–Crippen LogP) is 3.53. The summed E-state index contributed by atoms with van der Waals surface area (Å²) in [7, 11) is 0. The first-order chi connectivity index (χ1) is 10.0. The molecule has 0 aromatic heterocycles. The summed E-state index contributed by atoms with van der Waals surface area (Å²) in [5, 5.41) is 10.7. The molecule has 0 amide bonds. The number of hydrogen-bond acceptors (Lipinski definition) is 4. The molecule has 2 rings (SSSR count). The van der Waals surface area contributed by atoms with E-state index in [0.717, 1.165) is 16.1 Å². The highest BCUT2D eigenvalue weighted by Crippen LogP contribution is 2.30. The topological polar surface area (TPSA) is 78.4 Å². The van der Waals surface area contributed by atoms with Gasteiger partial charge in [-0.2, -0.15) is 0 Å². The van der Waals surface area contributed by atoms with Crippen molar-refractivity contribution in [3.05, 3.63) is 67.9 Å². The van der Waals surface area contributed by atoms with Gasteiger partial charge in [0.15, 0.2) is 0 Å². The standard InChI is InChI=1S/C14H12BrFN2O3/c15-13-3-1-2-10(7-17)14(13)21-8-9-4-11(16)6-12(5-9)18(19)20/h1-6H,7-8,17H2. The zero-order valence-corrected chi connectivity index (χ0v) is 12.5. The smallest absolute Gasteiger partial charge is 0.272 e. The second-order valence-electron chi connectivity index (χ2n) is 4.30. The predicted molar refractivity (Wildman–Crippen MR) is 79.4 cm³/mol. The van der Waals surface area contributed by atoms with Crippen molar-refractivity contribution in [1.29, 1.82) is 0 Å². The molecule has 2 N–H and O–H groups in total. The van der Waals surface area contributed by atoms with Crippen LogP contribution >= 0.6 is 15.9 Å². The van der Waals surface area contributed by atoms with Crippen LogP contribution in [0.25, 0.3) is 0 Å². The van der Waals surface area contributed by atoms with E-state index in [-0.39, 0.29) is 18.8 Å². The van der Waals surface area contributed by atoms with Crippen LogP contribution in [0.5, 0.6) is 5.75 Å². The Morgan fingerprint density at radius 3 is 2.76 bits per heavy atom. The van der Waals surface area contributed by atoms with Crippen LogP contribution in [0, 0.1) is 15.9 Å². The number of halogens is 2. The first kappa shape index (κ1) is 15.4. The lowest BCUT2D eigenvalue weighted by Gasteiger charge is -2.12. The molecule has 0 atom stereocenters. The van der Waals surface area contributed by atoms with E-state index >= 15 is 0 Å². The second kappa shape index (κ2) is 6.64. The van der Waals surface area contributed by atoms with Crippen molar-refractivity contribution in [2.75, 3.05) is 0 Å². The van der Waals surface area contributed by atoms with E-state index < -0.39 is 10.7 Å². The number of rotatable bonds is 5. The summed E-state index contributed by atoms with van der Waals surface area (Å²) in [4.78, 5) is 10.1. The van der Waals surface area contributed by atoms with Crippen molar-refractivity contribution < 1.29 is 14.1 Å². The number of nitrogens with zero attached hydrogens (tertiary/aromatic N) is 1. The van der Waals surface area contributed by atoms with E-state index in [0.29, 0.717) is 11.3 Å². The summed E-state index contributed by atoms with van der Waals surface area (Å²) in [6, 6.07) is 8.78. The maximum Gasteiger partial charge on any atom is 0.272 e. The average Bonchev–Trinajstić information content (AvgIpc) is 2.45. The largest absolute Gasteiger partial charge is 0.487 e. The van der Waals surface area contributed by atoms with Gasteiger partial charge in [-0.05, 0) is 33.6 Å². The summed E-state index contributed by atoms with van der Waals surface area (Å²) in [6.07, 6.45) is 0. The number of para-hydroxylation sites is 1. The Morgan fingerprint density at radius 1 is 1.33 bits per heavy atom. The van der Waals surface area contributed by atoms with Gasteiger partial charge in [0.05, 0.1) is 15.5 Å². The maximum absolute atomic E-state index is 13.3. The van der Waals surface area contributed by atoms with Crippen molar-refractivity contribution in [2.24, 2.45) is 5.73 Å². The van der Waals surface area contributed by atoms with Crippen molar-refractivity contribution in [1.82, 2.24) is 0 Å². The third kappa shape index (κ3) is 3.77. The Morgan fingerprint density at radius 2 is 2.10 bits per heavy atom. The summed E-state index contributed by atoms with van der Waals surface area (Å²) in [5.74, 6) is -0.124. The van der Waals surface area contributed by atoms with Gasteiger partial charge in [-0.15, -0.1) is 0 Å². The number of non-ortho nitro benzene ring substituents is 1. The molecule has 2 aromatic carbocycles. The summed E-state index contributed by atoms with van der Waals surface area (Å²) >= 11 is 3.35. The van der Waals surface area contributed by atoms with Gasteiger partial charge in [0, 0.05) is 18.2 Å². The zero-order valence-electron chi connectivity index (χ0n) is 10.9. The molecular weight excluding hydrogens is 343 g/mol. The highest BCUT2D eigenvalue weighted by atomic mass is 79.9. The minimum atomic E-state index is -0.672. The lowest BCUT2D eigenvalue weighted by Crippen LogP contribution is -2.04. The lowest BCUT2D eigenvalue weighted by molar-refractivity contribution is -0.385. The molecule has 0 bridgehead atoms. The Bertz CT molecular complexity index is 679. The van der Waals surface area contributed by atoms with Crippen LogP contribution in [0.4, 0.5) is 10.1 Å². The molecule has 0 radical (unpaired) electrons. The average molecular weight is 355 g/mol. The first-order valence-corrected chi connectivity index (χ1v) is 6.84. The number of nitrogens with two attached hydrogens (primary N) is 1. The molecule has 0 saturated carbocycles. The van der Waals surface area contributed by atoms with E-state index in [1.54, 1.807) is 6.07 Å². The molecule has 0 heterocycles. The minimum absolute atomic E-state index is 0.00815. The van der Waals surface area contributed by atoms with Crippen molar-refractivity contribution in [2.45, 2.75) is 13.2 Å². The third-order valence-corrected chi connectivity index (χ3v) is 3.43. The lowest BCUT2D eigenvalue weighted by atomic mass is 10.2. The fraction of sp³-hybridized carbons (Fsp3) is 0.143. The fourth-order valence-corrected chi connectivity index (χ4v) is 2.38. The van der Waals surface area contributed by atoms with Gasteiger partial charge in [0.25, 0.3) is 5.69 Å². The summed E-state index contributed by atoms with van der Waals surface area (Å²) < 4.78 is 19.7. The molecule has 0 unspecified atom stereocenters. The summed E-state index contributed by atoms with van der Waals surface area (Å²) in [6.45, 7) is 0.298. The van der Waals surface area contributed by atoms with Crippen LogP contribution in [0.3, 0.4) is 0 Å². The quantitative estimate of drug-likeness (QED) is 0.657. The molecule has 5 nitrogen and oxygen atoms in total. The number of ether oxygens (including phenoxy) is 1. The van der Waals surface area contributed by atoms with Crippen molar-refractivity contribution >= 4 is 21.6 Å². The van der Waals surface area contributed by atoms with E-state index in [4.69, 9.17) is 10.5 Å². The Hall–Kier alpha value is -1.99. The first-order valence-electron chi connectivity index (χ1n) is 6.05. The number of nitro benzene ring substituents is 1. The molecular formula is C14H12BrFN2O3. The van der Waals surface area contributed by atoms with E-state index in [9.17, 15) is 14.5 Å². The number of nitro groups is 1. The molecule has 2 aromatic rings. The molecule has 0 spiro atoms. The normalized spacial score (nSPS) is 10.4. The molecule has 21 heavy (non-hydrogen) atoms.